The van der Waals surface area contributed by atoms with Crippen molar-refractivity contribution in [3.8, 4) is 5.75 Å². The second-order valence-electron chi connectivity index (χ2n) is 5.10. The minimum absolute atomic E-state index is 0.0454. The first-order chi connectivity index (χ1) is 11.2. The van der Waals surface area contributed by atoms with Crippen molar-refractivity contribution in [3.05, 3.63) is 77.9 Å². The number of carbonyl (C=O) groups excluding carboxylic acids is 2. The SMILES string of the molecule is NCC(=O)c1ccc(OC(=O)c2ccc3ccccc3c2)cc1. The number of esters is 1. The smallest absolute Gasteiger partial charge is 0.343 e. The highest BCUT2D eigenvalue weighted by Gasteiger charge is 2.10. The summed E-state index contributed by atoms with van der Waals surface area (Å²) < 4.78 is 5.34. The van der Waals surface area contributed by atoms with Gasteiger partial charge in [-0.25, -0.2) is 4.79 Å². The third kappa shape index (κ3) is 3.27. The van der Waals surface area contributed by atoms with Crippen LogP contribution in [0.1, 0.15) is 20.7 Å². The summed E-state index contributed by atoms with van der Waals surface area (Å²) in [4.78, 5) is 23.7. The van der Waals surface area contributed by atoms with Crippen molar-refractivity contribution < 1.29 is 14.3 Å². The molecular weight excluding hydrogens is 290 g/mol. The predicted molar refractivity (Wildman–Crippen MR) is 88.7 cm³/mol. The zero-order valence-electron chi connectivity index (χ0n) is 12.4. The van der Waals surface area contributed by atoms with Gasteiger partial charge < -0.3 is 10.5 Å². The molecule has 4 nitrogen and oxygen atoms in total. The molecule has 0 heterocycles. The second kappa shape index (κ2) is 6.42. The molecule has 0 saturated heterocycles. The summed E-state index contributed by atoms with van der Waals surface area (Å²) in [6, 6.07) is 19.6. The topological polar surface area (TPSA) is 69.4 Å². The number of rotatable bonds is 4. The van der Waals surface area contributed by atoms with Gasteiger partial charge in [-0.05, 0) is 47.2 Å². The predicted octanol–water partition coefficient (Wildman–Crippen LogP) is 3.20. The first kappa shape index (κ1) is 14.9. The molecule has 0 bridgehead atoms. The van der Waals surface area contributed by atoms with Crippen molar-refractivity contribution in [2.24, 2.45) is 5.73 Å². The minimum atomic E-state index is -0.436. The van der Waals surface area contributed by atoms with E-state index in [1.54, 1.807) is 36.4 Å². The number of Topliss-reactive ketones (excluding diaryl/α,β-unsaturated/α-hetero) is 1. The van der Waals surface area contributed by atoms with Crippen LogP contribution in [0.4, 0.5) is 0 Å². The molecule has 3 rings (SSSR count). The van der Waals surface area contributed by atoms with E-state index >= 15 is 0 Å². The van der Waals surface area contributed by atoms with Gasteiger partial charge in [0, 0.05) is 5.56 Å². The quantitative estimate of drug-likeness (QED) is 0.456. The van der Waals surface area contributed by atoms with Gasteiger partial charge in [-0.3, -0.25) is 4.79 Å². The summed E-state index contributed by atoms with van der Waals surface area (Å²) in [6.45, 7) is -0.0454. The molecule has 0 radical (unpaired) electrons. The number of carbonyl (C=O) groups is 2. The van der Waals surface area contributed by atoms with E-state index in [4.69, 9.17) is 10.5 Å². The van der Waals surface area contributed by atoms with Crippen LogP contribution in [0.5, 0.6) is 5.75 Å². The largest absolute Gasteiger partial charge is 0.423 e. The molecule has 0 spiro atoms. The van der Waals surface area contributed by atoms with Gasteiger partial charge in [0.25, 0.3) is 0 Å². The number of fused-ring (bicyclic) bond motifs is 1. The molecule has 2 N–H and O–H groups in total. The summed E-state index contributed by atoms with van der Waals surface area (Å²) in [5, 5.41) is 2.04. The Balaban J connectivity index is 1.78. The molecule has 0 saturated carbocycles. The minimum Gasteiger partial charge on any atom is -0.423 e. The third-order valence-corrected chi connectivity index (χ3v) is 3.56. The van der Waals surface area contributed by atoms with Gasteiger partial charge in [0.1, 0.15) is 5.75 Å². The Kier molecular flexibility index (Phi) is 4.17. The maximum Gasteiger partial charge on any atom is 0.343 e. The van der Waals surface area contributed by atoms with E-state index in [1.807, 2.05) is 30.3 Å². The molecule has 0 atom stereocenters. The molecule has 0 aliphatic rings. The van der Waals surface area contributed by atoms with Crippen molar-refractivity contribution >= 4 is 22.5 Å². The maximum absolute atomic E-state index is 12.2. The third-order valence-electron chi connectivity index (χ3n) is 3.56. The lowest BCUT2D eigenvalue weighted by Crippen LogP contribution is -2.13. The summed E-state index contributed by atoms with van der Waals surface area (Å²) in [5.41, 5.74) is 6.29. The maximum atomic E-state index is 12.2. The van der Waals surface area contributed by atoms with Crippen molar-refractivity contribution in [2.75, 3.05) is 6.54 Å². The van der Waals surface area contributed by atoms with E-state index in [1.165, 1.54) is 0 Å². The highest BCUT2D eigenvalue weighted by atomic mass is 16.5. The Morgan fingerprint density at radius 1 is 0.826 bits per heavy atom. The average molecular weight is 305 g/mol. The Morgan fingerprint density at radius 2 is 1.48 bits per heavy atom. The normalized spacial score (nSPS) is 10.5. The van der Waals surface area contributed by atoms with Gasteiger partial charge in [-0.1, -0.05) is 30.3 Å². The van der Waals surface area contributed by atoms with Gasteiger partial charge in [0.15, 0.2) is 5.78 Å². The van der Waals surface area contributed by atoms with Crippen LogP contribution in [0.15, 0.2) is 66.7 Å². The van der Waals surface area contributed by atoms with E-state index < -0.39 is 5.97 Å². The molecule has 3 aromatic carbocycles. The molecule has 23 heavy (non-hydrogen) atoms. The van der Waals surface area contributed by atoms with Gasteiger partial charge in [0.05, 0.1) is 12.1 Å². The highest BCUT2D eigenvalue weighted by Crippen LogP contribution is 2.18. The van der Waals surface area contributed by atoms with E-state index in [0.29, 0.717) is 16.9 Å². The first-order valence-electron chi connectivity index (χ1n) is 7.22. The lowest BCUT2D eigenvalue weighted by molar-refractivity contribution is 0.0735. The number of hydrogen-bond acceptors (Lipinski definition) is 4. The van der Waals surface area contributed by atoms with Gasteiger partial charge >= 0.3 is 5.97 Å². The van der Waals surface area contributed by atoms with Crippen LogP contribution in [0.3, 0.4) is 0 Å². The molecule has 3 aromatic rings. The van der Waals surface area contributed by atoms with E-state index in [-0.39, 0.29) is 12.3 Å². The summed E-state index contributed by atoms with van der Waals surface area (Å²) in [7, 11) is 0. The lowest BCUT2D eigenvalue weighted by Gasteiger charge is -2.06. The molecule has 0 amide bonds. The van der Waals surface area contributed by atoms with Crippen LogP contribution < -0.4 is 10.5 Å². The molecular formula is C19H15NO3. The molecule has 0 aliphatic heterocycles. The van der Waals surface area contributed by atoms with Crippen LogP contribution >= 0.6 is 0 Å². The first-order valence-corrected chi connectivity index (χ1v) is 7.22. The number of hydrogen-bond donors (Lipinski definition) is 1. The van der Waals surface area contributed by atoms with E-state index in [0.717, 1.165) is 10.8 Å². The Morgan fingerprint density at radius 3 is 2.17 bits per heavy atom. The zero-order chi connectivity index (χ0) is 16.2. The standard InChI is InChI=1S/C19H15NO3/c20-12-18(21)14-7-9-17(10-8-14)23-19(22)16-6-5-13-3-1-2-4-15(13)11-16/h1-11H,12,20H2. The number of ether oxygens (including phenoxy) is 1. The molecule has 114 valence electrons. The number of nitrogens with two attached hydrogens (primary N) is 1. The molecule has 0 unspecified atom stereocenters. The molecule has 0 fully saturated rings. The molecule has 0 aliphatic carbocycles. The van der Waals surface area contributed by atoms with Crippen LogP contribution in [0, 0.1) is 0 Å². The zero-order valence-corrected chi connectivity index (χ0v) is 12.4. The Bertz CT molecular complexity index is 869. The summed E-state index contributed by atoms with van der Waals surface area (Å²) >= 11 is 0. The van der Waals surface area contributed by atoms with Gasteiger partial charge in [-0.15, -0.1) is 0 Å². The summed E-state index contributed by atoms with van der Waals surface area (Å²) in [6.07, 6.45) is 0. The van der Waals surface area contributed by atoms with Crippen LogP contribution in [-0.2, 0) is 0 Å². The van der Waals surface area contributed by atoms with Crippen LogP contribution in [0.25, 0.3) is 10.8 Å². The van der Waals surface area contributed by atoms with Crippen molar-refractivity contribution in [2.45, 2.75) is 0 Å². The Labute approximate surface area is 133 Å². The van der Waals surface area contributed by atoms with E-state index in [9.17, 15) is 9.59 Å². The van der Waals surface area contributed by atoms with E-state index in [2.05, 4.69) is 0 Å². The lowest BCUT2D eigenvalue weighted by atomic mass is 10.1. The fraction of sp³-hybridized carbons (Fsp3) is 0.0526. The monoisotopic (exact) mass is 305 g/mol. The highest BCUT2D eigenvalue weighted by molar-refractivity contribution is 5.98. The fourth-order valence-corrected chi connectivity index (χ4v) is 2.31. The van der Waals surface area contributed by atoms with Crippen molar-refractivity contribution in [3.63, 3.8) is 0 Å². The van der Waals surface area contributed by atoms with Crippen LogP contribution in [-0.4, -0.2) is 18.3 Å². The molecule has 4 heteroatoms. The second-order valence-corrected chi connectivity index (χ2v) is 5.10. The summed E-state index contributed by atoms with van der Waals surface area (Å²) in [5.74, 6) is -0.206. The number of benzene rings is 3. The average Bonchev–Trinajstić information content (AvgIpc) is 2.61. The number of ketones is 1. The van der Waals surface area contributed by atoms with Gasteiger partial charge in [-0.2, -0.15) is 0 Å². The van der Waals surface area contributed by atoms with Crippen molar-refractivity contribution in [1.29, 1.82) is 0 Å². The molecule has 0 aromatic heterocycles. The van der Waals surface area contributed by atoms with Crippen LogP contribution in [0.2, 0.25) is 0 Å². The van der Waals surface area contributed by atoms with Crippen molar-refractivity contribution in [1.82, 2.24) is 0 Å². The van der Waals surface area contributed by atoms with Gasteiger partial charge in [0.2, 0.25) is 0 Å². The Hall–Kier alpha value is -2.98. The fourth-order valence-electron chi connectivity index (χ4n) is 2.31.